The Labute approximate surface area is 172 Å². The highest BCUT2D eigenvalue weighted by Crippen LogP contribution is 2.23. The van der Waals surface area contributed by atoms with E-state index in [4.69, 9.17) is 4.98 Å². The molecule has 0 atom stereocenters. The average Bonchev–Trinajstić information content (AvgIpc) is 2.91. The van der Waals surface area contributed by atoms with Gasteiger partial charge in [-0.1, -0.05) is 42.0 Å². The number of rotatable bonds is 6. The maximum atomic E-state index is 4.69. The predicted molar refractivity (Wildman–Crippen MR) is 118 cm³/mol. The predicted octanol–water partition coefficient (Wildman–Crippen LogP) is 4.74. The summed E-state index contributed by atoms with van der Waals surface area (Å²) in [5.74, 6) is 1.66. The Bertz CT molecular complexity index is 1080. The van der Waals surface area contributed by atoms with Crippen LogP contribution in [0.25, 0.3) is 5.65 Å². The van der Waals surface area contributed by atoms with E-state index in [1.165, 1.54) is 11.1 Å². The number of benzene rings is 1. The molecular formula is C21H21BrN6. The van der Waals surface area contributed by atoms with Gasteiger partial charge < -0.3 is 10.6 Å². The fraction of sp³-hybridized carbons (Fsp3) is 0.190. The second-order valence-corrected chi connectivity index (χ2v) is 7.48. The lowest BCUT2D eigenvalue weighted by Gasteiger charge is -2.12. The van der Waals surface area contributed by atoms with Crippen molar-refractivity contribution in [1.82, 2.24) is 14.6 Å². The van der Waals surface area contributed by atoms with Crippen LogP contribution in [0.1, 0.15) is 17.5 Å². The van der Waals surface area contributed by atoms with Crippen molar-refractivity contribution in [3.05, 3.63) is 76.1 Å². The lowest BCUT2D eigenvalue weighted by Crippen LogP contribution is -2.11. The molecule has 2 aromatic heterocycles. The van der Waals surface area contributed by atoms with E-state index in [-0.39, 0.29) is 0 Å². The molecule has 2 N–H and O–H groups in total. The lowest BCUT2D eigenvalue weighted by atomic mass is 10.1. The molecule has 1 aliphatic rings. The first-order valence-electron chi connectivity index (χ1n) is 9.14. The Hall–Kier alpha value is -2.93. The molecule has 0 amide bonds. The van der Waals surface area contributed by atoms with Gasteiger partial charge in [-0.15, -0.1) is 0 Å². The Morgan fingerprint density at radius 1 is 1.18 bits per heavy atom. The Morgan fingerprint density at radius 3 is 3.00 bits per heavy atom. The third kappa shape index (κ3) is 4.31. The van der Waals surface area contributed by atoms with Crippen molar-refractivity contribution >= 4 is 39.4 Å². The van der Waals surface area contributed by atoms with Gasteiger partial charge in [0, 0.05) is 31.6 Å². The van der Waals surface area contributed by atoms with Gasteiger partial charge in [0.2, 0.25) is 0 Å². The zero-order valence-corrected chi connectivity index (χ0v) is 17.1. The van der Waals surface area contributed by atoms with Crippen molar-refractivity contribution in [3.63, 3.8) is 0 Å². The zero-order chi connectivity index (χ0) is 19.3. The molecule has 4 rings (SSSR count). The van der Waals surface area contributed by atoms with E-state index in [1.807, 2.05) is 24.6 Å². The van der Waals surface area contributed by atoms with Crippen molar-refractivity contribution in [2.24, 2.45) is 4.99 Å². The van der Waals surface area contributed by atoms with Crippen molar-refractivity contribution in [2.45, 2.75) is 19.9 Å². The van der Waals surface area contributed by atoms with Crippen molar-refractivity contribution < 1.29 is 0 Å². The minimum Gasteiger partial charge on any atom is -0.366 e. The number of halogens is 1. The maximum Gasteiger partial charge on any atom is 0.173 e. The van der Waals surface area contributed by atoms with Crippen molar-refractivity contribution in [1.29, 1.82) is 0 Å². The first kappa shape index (κ1) is 18.4. The molecule has 3 heterocycles. The maximum absolute atomic E-state index is 4.69. The van der Waals surface area contributed by atoms with Crippen LogP contribution in [0.4, 0.5) is 11.6 Å². The summed E-state index contributed by atoms with van der Waals surface area (Å²) in [5, 5.41) is 11.3. The van der Waals surface area contributed by atoms with Crippen LogP contribution in [-0.2, 0) is 6.54 Å². The van der Waals surface area contributed by atoms with Crippen LogP contribution in [0.15, 0.2) is 69.9 Å². The topological polar surface area (TPSA) is 66.6 Å². The van der Waals surface area contributed by atoms with E-state index in [0.29, 0.717) is 13.1 Å². The molecule has 0 bridgehead atoms. The minimum absolute atomic E-state index is 0.666. The van der Waals surface area contributed by atoms with Crippen LogP contribution in [0.3, 0.4) is 0 Å². The molecule has 1 aliphatic heterocycles. The summed E-state index contributed by atoms with van der Waals surface area (Å²) in [6.07, 6.45) is 10.5. The van der Waals surface area contributed by atoms with E-state index in [2.05, 4.69) is 73.9 Å². The van der Waals surface area contributed by atoms with Crippen molar-refractivity contribution in [2.75, 3.05) is 17.2 Å². The highest BCUT2D eigenvalue weighted by molar-refractivity contribution is 9.10. The van der Waals surface area contributed by atoms with Gasteiger partial charge >= 0.3 is 0 Å². The number of fused-ring (bicyclic) bond motifs is 1. The molecule has 142 valence electrons. The SMILES string of the molecule is Cc1cccc(CNc2cc(NCC3=CCC=CN=C3)n3ncc(Br)c3n2)c1. The molecule has 0 saturated heterocycles. The van der Waals surface area contributed by atoms with Crippen LogP contribution in [0.2, 0.25) is 0 Å². The summed E-state index contributed by atoms with van der Waals surface area (Å²) in [5.41, 5.74) is 4.37. The monoisotopic (exact) mass is 436 g/mol. The number of hydrogen-bond donors (Lipinski definition) is 2. The van der Waals surface area contributed by atoms with Gasteiger partial charge in [-0.25, -0.2) is 4.98 Å². The fourth-order valence-electron chi connectivity index (χ4n) is 3.01. The quantitative estimate of drug-likeness (QED) is 0.585. The molecule has 1 aromatic carbocycles. The van der Waals surface area contributed by atoms with E-state index < -0.39 is 0 Å². The highest BCUT2D eigenvalue weighted by Gasteiger charge is 2.10. The van der Waals surface area contributed by atoms with E-state index in [9.17, 15) is 0 Å². The highest BCUT2D eigenvalue weighted by atomic mass is 79.9. The molecule has 0 fully saturated rings. The number of anilines is 2. The summed E-state index contributed by atoms with van der Waals surface area (Å²) in [6.45, 7) is 3.47. The van der Waals surface area contributed by atoms with Crippen LogP contribution < -0.4 is 10.6 Å². The van der Waals surface area contributed by atoms with Crippen LogP contribution in [-0.4, -0.2) is 27.4 Å². The third-order valence-corrected chi connectivity index (χ3v) is 4.97. The first-order valence-corrected chi connectivity index (χ1v) is 9.93. The number of allylic oxidation sites excluding steroid dienone is 2. The number of nitrogens with one attached hydrogen (secondary N) is 2. The Balaban J connectivity index is 1.56. The number of aliphatic imine (C=N–C) groups is 1. The van der Waals surface area contributed by atoms with Crippen molar-refractivity contribution in [3.8, 4) is 0 Å². The lowest BCUT2D eigenvalue weighted by molar-refractivity contribution is 0.933. The van der Waals surface area contributed by atoms with Gasteiger partial charge in [-0.2, -0.15) is 9.61 Å². The molecule has 7 heteroatoms. The van der Waals surface area contributed by atoms with Gasteiger partial charge in [0.15, 0.2) is 5.65 Å². The van der Waals surface area contributed by atoms with E-state index in [0.717, 1.165) is 33.7 Å². The first-order chi connectivity index (χ1) is 13.7. The molecule has 6 nitrogen and oxygen atoms in total. The normalized spacial score (nSPS) is 13.4. The van der Waals surface area contributed by atoms with Gasteiger partial charge in [-0.05, 0) is 40.4 Å². The van der Waals surface area contributed by atoms with Gasteiger partial charge in [0.25, 0.3) is 0 Å². The summed E-state index contributed by atoms with van der Waals surface area (Å²) in [6, 6.07) is 10.4. The van der Waals surface area contributed by atoms with Crippen LogP contribution >= 0.6 is 15.9 Å². The van der Waals surface area contributed by atoms with Gasteiger partial charge in [0.1, 0.15) is 11.6 Å². The number of aromatic nitrogens is 3. The molecule has 0 spiro atoms. The average molecular weight is 437 g/mol. The second kappa shape index (κ2) is 8.39. The summed E-state index contributed by atoms with van der Waals surface area (Å²) < 4.78 is 2.66. The number of nitrogens with zero attached hydrogens (tertiary/aromatic N) is 4. The Morgan fingerprint density at radius 2 is 2.11 bits per heavy atom. The standard InChI is InChI=1S/C21H21BrN6/c1-15-5-4-7-16(9-15)12-24-19-10-20(28-21(27-19)18(22)14-26-28)25-13-17-6-2-3-8-23-11-17/h3-11,14,25H,2,12-13H2,1H3,(H,24,27). The number of aryl methyl sites for hydroxylation is 1. The second-order valence-electron chi connectivity index (χ2n) is 6.63. The largest absolute Gasteiger partial charge is 0.366 e. The fourth-order valence-corrected chi connectivity index (χ4v) is 3.36. The Kier molecular flexibility index (Phi) is 5.53. The molecule has 3 aromatic rings. The molecule has 28 heavy (non-hydrogen) atoms. The third-order valence-electron chi connectivity index (χ3n) is 4.41. The summed E-state index contributed by atoms with van der Waals surface area (Å²) in [7, 11) is 0. The molecular weight excluding hydrogens is 416 g/mol. The molecule has 0 unspecified atom stereocenters. The number of hydrogen-bond acceptors (Lipinski definition) is 5. The van der Waals surface area contributed by atoms with Gasteiger partial charge in [-0.3, -0.25) is 4.99 Å². The van der Waals surface area contributed by atoms with Gasteiger partial charge in [0.05, 0.1) is 10.7 Å². The van der Waals surface area contributed by atoms with E-state index in [1.54, 1.807) is 10.7 Å². The van der Waals surface area contributed by atoms with E-state index >= 15 is 0 Å². The minimum atomic E-state index is 0.666. The zero-order valence-electron chi connectivity index (χ0n) is 15.6. The van der Waals surface area contributed by atoms with Crippen LogP contribution in [0.5, 0.6) is 0 Å². The molecule has 0 aliphatic carbocycles. The molecule has 0 saturated carbocycles. The summed E-state index contributed by atoms with van der Waals surface area (Å²) in [4.78, 5) is 8.94. The molecule has 0 radical (unpaired) electrons. The van der Waals surface area contributed by atoms with Crippen LogP contribution in [0, 0.1) is 6.92 Å². The summed E-state index contributed by atoms with van der Waals surface area (Å²) >= 11 is 3.54. The smallest absolute Gasteiger partial charge is 0.173 e.